The lowest BCUT2D eigenvalue weighted by atomic mass is 10.3. The summed E-state index contributed by atoms with van der Waals surface area (Å²) in [6.45, 7) is 1.22. The highest BCUT2D eigenvalue weighted by Gasteiger charge is 2.33. The first kappa shape index (κ1) is 15.8. The molecule has 116 valence electrons. The highest BCUT2D eigenvalue weighted by molar-refractivity contribution is 7.53. The van der Waals surface area contributed by atoms with E-state index in [4.69, 9.17) is 19.5 Å². The summed E-state index contributed by atoms with van der Waals surface area (Å²) in [7, 11) is -3.40. The maximum Gasteiger partial charge on any atom is 0.356 e. The van der Waals surface area contributed by atoms with E-state index in [0.717, 1.165) is 0 Å². The minimum atomic E-state index is -3.40. The second kappa shape index (κ2) is 6.48. The molecule has 0 aromatic carbocycles. The van der Waals surface area contributed by atoms with E-state index >= 15 is 0 Å². The van der Waals surface area contributed by atoms with Crippen molar-refractivity contribution in [1.82, 2.24) is 9.55 Å². The molecule has 2 atom stereocenters. The van der Waals surface area contributed by atoms with E-state index in [1.165, 1.54) is 23.8 Å². The molecule has 0 spiro atoms. The summed E-state index contributed by atoms with van der Waals surface area (Å²) >= 11 is 0. The molecular formula is C11H16N3O6P. The van der Waals surface area contributed by atoms with Gasteiger partial charge in [0.05, 0.1) is 13.2 Å². The number of rotatable bonds is 5. The first-order valence-corrected chi connectivity index (χ1v) is 7.93. The van der Waals surface area contributed by atoms with Crippen molar-refractivity contribution in [2.75, 3.05) is 25.3 Å². The number of nitrogen functional groups attached to an aromatic ring is 1. The zero-order chi connectivity index (χ0) is 15.5. The molecular weight excluding hydrogens is 301 g/mol. The maximum absolute atomic E-state index is 12.0. The summed E-state index contributed by atoms with van der Waals surface area (Å²) in [5.41, 5.74) is 4.89. The molecule has 0 aliphatic carbocycles. The summed E-state index contributed by atoms with van der Waals surface area (Å²) < 4.78 is 28.8. The molecule has 2 N–H and O–H groups in total. The SMILES string of the molecule is CC(=O)COP1(=O)COC(Cn2ccc(N)nc2=O)CO1. The largest absolute Gasteiger partial charge is 0.383 e. The van der Waals surface area contributed by atoms with E-state index < -0.39 is 19.4 Å². The Balaban J connectivity index is 1.90. The molecule has 1 aliphatic heterocycles. The third-order valence-electron chi connectivity index (χ3n) is 2.69. The lowest BCUT2D eigenvalue weighted by molar-refractivity contribution is -0.119. The second-order valence-electron chi connectivity index (χ2n) is 4.59. The topological polar surface area (TPSA) is 123 Å². The molecule has 2 heterocycles. The van der Waals surface area contributed by atoms with Crippen LogP contribution in [0.1, 0.15) is 6.92 Å². The number of hydrogen-bond donors (Lipinski definition) is 1. The molecule has 21 heavy (non-hydrogen) atoms. The smallest absolute Gasteiger partial charge is 0.356 e. The van der Waals surface area contributed by atoms with Crippen LogP contribution in [0.25, 0.3) is 0 Å². The second-order valence-corrected chi connectivity index (χ2v) is 6.58. The summed E-state index contributed by atoms with van der Waals surface area (Å²) in [5, 5.41) is 0. The molecule has 0 saturated carbocycles. The standard InChI is InChI=1S/C11H16N3O6P/c1-8(15)5-19-21(17)7-18-9(6-20-21)4-14-3-2-10(12)13-11(14)16/h2-3,9H,4-7H2,1H3,(H2,12,13,16). The van der Waals surface area contributed by atoms with Gasteiger partial charge in [-0.3, -0.25) is 18.5 Å². The predicted octanol–water partition coefficient (Wildman–Crippen LogP) is -0.00290. The molecule has 9 nitrogen and oxygen atoms in total. The van der Waals surface area contributed by atoms with Crippen LogP contribution in [-0.2, 0) is 29.7 Å². The third kappa shape index (κ3) is 4.47. The van der Waals surface area contributed by atoms with E-state index in [0.29, 0.717) is 0 Å². The Morgan fingerprint density at radius 3 is 3.00 bits per heavy atom. The quantitative estimate of drug-likeness (QED) is 0.753. The van der Waals surface area contributed by atoms with Crippen LogP contribution in [0.5, 0.6) is 0 Å². The average Bonchev–Trinajstić information content (AvgIpc) is 2.42. The van der Waals surface area contributed by atoms with Crippen molar-refractivity contribution < 1.29 is 23.1 Å². The lowest BCUT2D eigenvalue weighted by Gasteiger charge is -2.28. The molecule has 1 saturated heterocycles. The van der Waals surface area contributed by atoms with E-state index in [1.807, 2.05) is 0 Å². The van der Waals surface area contributed by atoms with Crippen molar-refractivity contribution in [3.05, 3.63) is 22.7 Å². The summed E-state index contributed by atoms with van der Waals surface area (Å²) in [6.07, 6.45) is 0.771. The van der Waals surface area contributed by atoms with E-state index in [1.54, 1.807) is 0 Å². The molecule has 1 aromatic rings. The van der Waals surface area contributed by atoms with Crippen LogP contribution in [0.15, 0.2) is 17.1 Å². The maximum atomic E-state index is 12.0. The van der Waals surface area contributed by atoms with Crippen molar-refractivity contribution in [2.24, 2.45) is 0 Å². The zero-order valence-electron chi connectivity index (χ0n) is 11.4. The Bertz CT molecular complexity index is 619. The van der Waals surface area contributed by atoms with Gasteiger partial charge < -0.3 is 15.0 Å². The fourth-order valence-corrected chi connectivity index (χ4v) is 3.04. The number of nitrogens with zero attached hydrogens (tertiary/aromatic N) is 2. The summed E-state index contributed by atoms with van der Waals surface area (Å²) in [4.78, 5) is 26.0. The van der Waals surface area contributed by atoms with Gasteiger partial charge in [0.2, 0.25) is 0 Å². The summed E-state index contributed by atoms with van der Waals surface area (Å²) in [5.74, 6) is -0.116. The Hall–Kier alpha value is -1.54. The van der Waals surface area contributed by atoms with Gasteiger partial charge in [-0.1, -0.05) is 0 Å². The van der Waals surface area contributed by atoms with Crippen LogP contribution in [-0.4, -0.2) is 41.0 Å². The van der Waals surface area contributed by atoms with Crippen LogP contribution in [0.3, 0.4) is 0 Å². The number of ether oxygens (including phenoxy) is 1. The van der Waals surface area contributed by atoms with E-state index in [9.17, 15) is 14.2 Å². The highest BCUT2D eigenvalue weighted by atomic mass is 31.2. The first-order valence-electron chi connectivity index (χ1n) is 6.20. The summed E-state index contributed by atoms with van der Waals surface area (Å²) in [6, 6.07) is 1.49. The van der Waals surface area contributed by atoms with Gasteiger partial charge in [0.25, 0.3) is 0 Å². The van der Waals surface area contributed by atoms with Gasteiger partial charge in [-0.05, 0) is 13.0 Å². The first-order chi connectivity index (χ1) is 9.88. The fraction of sp³-hybridized carbons (Fsp3) is 0.545. The number of hydrogen-bond acceptors (Lipinski definition) is 8. The normalized spacial score (nSPS) is 25.7. The molecule has 1 aromatic heterocycles. The third-order valence-corrected chi connectivity index (χ3v) is 4.22. The van der Waals surface area contributed by atoms with Gasteiger partial charge in [-0.25, -0.2) is 4.79 Å². The number of Topliss-reactive ketones (excluding diaryl/α,β-unsaturated/α-hetero) is 1. The number of carbonyl (C=O) groups excluding carboxylic acids is 1. The van der Waals surface area contributed by atoms with Gasteiger partial charge in [0.15, 0.2) is 5.78 Å². The molecule has 1 fully saturated rings. The van der Waals surface area contributed by atoms with Gasteiger partial charge in [-0.15, -0.1) is 0 Å². The van der Waals surface area contributed by atoms with Crippen molar-refractivity contribution >= 4 is 19.2 Å². The Morgan fingerprint density at radius 2 is 2.43 bits per heavy atom. The van der Waals surface area contributed by atoms with Crippen molar-refractivity contribution in [1.29, 1.82) is 0 Å². The molecule has 1 aliphatic rings. The van der Waals surface area contributed by atoms with Crippen LogP contribution in [0, 0.1) is 0 Å². The van der Waals surface area contributed by atoms with Crippen LogP contribution >= 0.6 is 7.60 Å². The van der Waals surface area contributed by atoms with Crippen molar-refractivity contribution in [2.45, 2.75) is 19.6 Å². The van der Waals surface area contributed by atoms with Crippen molar-refractivity contribution in [3.8, 4) is 0 Å². The predicted molar refractivity (Wildman–Crippen MR) is 72.8 cm³/mol. The fourth-order valence-electron chi connectivity index (χ4n) is 1.65. The number of nitrogens with two attached hydrogens (primary N) is 1. The zero-order valence-corrected chi connectivity index (χ0v) is 12.3. The van der Waals surface area contributed by atoms with Crippen molar-refractivity contribution in [3.63, 3.8) is 0 Å². The number of aromatic nitrogens is 2. The average molecular weight is 317 g/mol. The Morgan fingerprint density at radius 1 is 1.67 bits per heavy atom. The van der Waals surface area contributed by atoms with Gasteiger partial charge >= 0.3 is 13.3 Å². The highest BCUT2D eigenvalue weighted by Crippen LogP contribution is 2.50. The number of carbonyl (C=O) groups is 1. The molecule has 0 radical (unpaired) electrons. The molecule has 2 rings (SSSR count). The van der Waals surface area contributed by atoms with Crippen LogP contribution in [0.2, 0.25) is 0 Å². The Labute approximate surface area is 120 Å². The van der Waals surface area contributed by atoms with Gasteiger partial charge in [-0.2, -0.15) is 4.98 Å². The minimum absolute atomic E-state index is 0.00794. The van der Waals surface area contributed by atoms with Gasteiger partial charge in [0, 0.05) is 6.20 Å². The Kier molecular flexibility index (Phi) is 4.89. The number of anilines is 1. The molecule has 2 unspecified atom stereocenters. The van der Waals surface area contributed by atoms with Gasteiger partial charge in [0.1, 0.15) is 24.9 Å². The minimum Gasteiger partial charge on any atom is -0.383 e. The number of ketones is 1. The van der Waals surface area contributed by atoms with E-state index in [2.05, 4.69) is 4.98 Å². The van der Waals surface area contributed by atoms with Crippen LogP contribution in [0.4, 0.5) is 5.82 Å². The van der Waals surface area contributed by atoms with Crippen LogP contribution < -0.4 is 11.4 Å². The van der Waals surface area contributed by atoms with E-state index in [-0.39, 0.29) is 37.7 Å². The lowest BCUT2D eigenvalue weighted by Crippen LogP contribution is -2.35. The monoisotopic (exact) mass is 317 g/mol. The molecule has 0 amide bonds. The molecule has 10 heteroatoms. The molecule has 0 bridgehead atoms.